The van der Waals surface area contributed by atoms with E-state index in [0.717, 1.165) is 0 Å². The average Bonchev–Trinajstić information content (AvgIpc) is 2.39. The molecule has 1 N–H and O–H groups in total. The Morgan fingerprint density at radius 1 is 1.39 bits per heavy atom. The van der Waals surface area contributed by atoms with E-state index in [1.165, 1.54) is 18.2 Å². The number of hydrogen-bond acceptors (Lipinski definition) is 4. The molecule has 0 spiro atoms. The first-order chi connectivity index (χ1) is 8.61. The van der Waals surface area contributed by atoms with Gasteiger partial charge in [0.2, 0.25) is 0 Å². The summed E-state index contributed by atoms with van der Waals surface area (Å²) in [6.07, 6.45) is 0. The van der Waals surface area contributed by atoms with Crippen molar-refractivity contribution in [2.24, 2.45) is 0 Å². The minimum absolute atomic E-state index is 0.0343. The lowest BCUT2D eigenvalue weighted by Gasteiger charge is -2.01. The highest BCUT2D eigenvalue weighted by atomic mass is 35.5. The van der Waals surface area contributed by atoms with Crippen LogP contribution >= 0.6 is 11.6 Å². The number of hydrogen-bond donors (Lipinski definition) is 1. The van der Waals surface area contributed by atoms with Crippen molar-refractivity contribution in [3.8, 4) is 11.3 Å². The van der Waals surface area contributed by atoms with Crippen LogP contribution in [0.15, 0.2) is 35.1 Å². The largest absolute Gasteiger partial charge is 0.270 e. The number of nitro benzene ring substituents is 1. The molecule has 92 valence electrons. The molecule has 6 nitrogen and oxygen atoms in total. The molecule has 0 amide bonds. The van der Waals surface area contributed by atoms with Crippen LogP contribution in [0.2, 0.25) is 0 Å². The molecule has 1 heterocycles. The van der Waals surface area contributed by atoms with Gasteiger partial charge in [0.1, 0.15) is 0 Å². The fourth-order valence-corrected chi connectivity index (χ4v) is 1.67. The highest BCUT2D eigenvalue weighted by molar-refractivity contribution is 6.17. The minimum Gasteiger partial charge on any atom is -0.268 e. The van der Waals surface area contributed by atoms with Crippen molar-refractivity contribution >= 4 is 17.3 Å². The van der Waals surface area contributed by atoms with Crippen molar-refractivity contribution in [1.82, 2.24) is 10.2 Å². The topological polar surface area (TPSA) is 88.9 Å². The number of rotatable bonds is 3. The lowest BCUT2D eigenvalue weighted by Crippen LogP contribution is -2.13. The molecule has 18 heavy (non-hydrogen) atoms. The molecular formula is C11H8ClN3O3. The normalized spacial score (nSPS) is 10.3. The van der Waals surface area contributed by atoms with Gasteiger partial charge in [0.25, 0.3) is 11.2 Å². The van der Waals surface area contributed by atoms with E-state index in [0.29, 0.717) is 16.8 Å². The van der Waals surface area contributed by atoms with E-state index in [2.05, 4.69) is 10.2 Å². The SMILES string of the molecule is O=c1[nH]nc(-c2cccc([N+](=O)[O-])c2)cc1CCl. The number of nitrogens with zero attached hydrogens (tertiary/aromatic N) is 2. The number of halogens is 1. The van der Waals surface area contributed by atoms with Gasteiger partial charge in [-0.25, -0.2) is 5.10 Å². The highest BCUT2D eigenvalue weighted by Gasteiger charge is 2.09. The quantitative estimate of drug-likeness (QED) is 0.523. The van der Waals surface area contributed by atoms with E-state index < -0.39 is 4.92 Å². The van der Waals surface area contributed by atoms with E-state index in [1.807, 2.05) is 0 Å². The van der Waals surface area contributed by atoms with Crippen molar-refractivity contribution < 1.29 is 4.92 Å². The Morgan fingerprint density at radius 2 is 2.17 bits per heavy atom. The number of aromatic amines is 1. The van der Waals surface area contributed by atoms with Crippen molar-refractivity contribution in [3.63, 3.8) is 0 Å². The fourth-order valence-electron chi connectivity index (χ4n) is 1.47. The van der Waals surface area contributed by atoms with E-state index in [9.17, 15) is 14.9 Å². The molecule has 0 aliphatic heterocycles. The lowest BCUT2D eigenvalue weighted by atomic mass is 10.1. The van der Waals surface area contributed by atoms with Crippen LogP contribution in [0.3, 0.4) is 0 Å². The Bertz CT molecular complexity index is 654. The van der Waals surface area contributed by atoms with Crippen LogP contribution in [0.5, 0.6) is 0 Å². The summed E-state index contributed by atoms with van der Waals surface area (Å²) in [4.78, 5) is 21.5. The highest BCUT2D eigenvalue weighted by Crippen LogP contribution is 2.21. The zero-order chi connectivity index (χ0) is 13.1. The van der Waals surface area contributed by atoms with E-state index in [-0.39, 0.29) is 17.1 Å². The average molecular weight is 266 g/mol. The van der Waals surface area contributed by atoms with Gasteiger partial charge in [0.05, 0.1) is 16.5 Å². The number of aromatic nitrogens is 2. The zero-order valence-electron chi connectivity index (χ0n) is 9.09. The maximum atomic E-state index is 11.3. The predicted molar refractivity (Wildman–Crippen MR) is 66.5 cm³/mol. The van der Waals surface area contributed by atoms with Crippen molar-refractivity contribution in [3.05, 3.63) is 56.4 Å². The molecular weight excluding hydrogens is 258 g/mol. The van der Waals surface area contributed by atoms with Gasteiger partial charge >= 0.3 is 0 Å². The van der Waals surface area contributed by atoms with Crippen LogP contribution in [0.1, 0.15) is 5.56 Å². The molecule has 0 fully saturated rings. The maximum absolute atomic E-state index is 11.3. The minimum atomic E-state index is -0.488. The summed E-state index contributed by atoms with van der Waals surface area (Å²) >= 11 is 5.62. The molecule has 0 atom stereocenters. The third-order valence-corrected chi connectivity index (χ3v) is 2.67. The van der Waals surface area contributed by atoms with Crippen molar-refractivity contribution in [1.29, 1.82) is 0 Å². The summed E-state index contributed by atoms with van der Waals surface area (Å²) in [7, 11) is 0. The van der Waals surface area contributed by atoms with Crippen LogP contribution in [0.4, 0.5) is 5.69 Å². The molecule has 1 aromatic carbocycles. The molecule has 0 unspecified atom stereocenters. The van der Waals surface area contributed by atoms with Gasteiger partial charge in [0.15, 0.2) is 0 Å². The molecule has 0 saturated heterocycles. The summed E-state index contributed by atoms with van der Waals surface area (Å²) in [5.41, 5.74) is 0.959. The van der Waals surface area contributed by atoms with E-state index >= 15 is 0 Å². The zero-order valence-corrected chi connectivity index (χ0v) is 9.85. The van der Waals surface area contributed by atoms with E-state index in [1.54, 1.807) is 12.1 Å². The second kappa shape index (κ2) is 4.97. The van der Waals surface area contributed by atoms with Crippen molar-refractivity contribution in [2.75, 3.05) is 0 Å². The van der Waals surface area contributed by atoms with Gasteiger partial charge in [-0.2, -0.15) is 5.10 Å². The van der Waals surface area contributed by atoms with Crippen LogP contribution in [0, 0.1) is 10.1 Å². The Kier molecular flexibility index (Phi) is 3.38. The molecule has 7 heteroatoms. The van der Waals surface area contributed by atoms with Crippen LogP contribution in [-0.2, 0) is 5.88 Å². The fraction of sp³-hybridized carbons (Fsp3) is 0.0909. The molecule has 2 rings (SSSR count). The first kappa shape index (κ1) is 12.3. The third-order valence-electron chi connectivity index (χ3n) is 2.38. The third kappa shape index (κ3) is 2.38. The first-order valence-electron chi connectivity index (χ1n) is 5.01. The summed E-state index contributed by atoms with van der Waals surface area (Å²) in [6, 6.07) is 7.52. The molecule has 0 saturated carbocycles. The summed E-state index contributed by atoms with van der Waals surface area (Å²) in [5.74, 6) is 0.0553. The van der Waals surface area contributed by atoms with Gasteiger partial charge in [0, 0.05) is 23.3 Å². The number of alkyl halides is 1. The lowest BCUT2D eigenvalue weighted by molar-refractivity contribution is -0.384. The molecule has 0 aliphatic carbocycles. The van der Waals surface area contributed by atoms with Crippen molar-refractivity contribution in [2.45, 2.75) is 5.88 Å². The Hall–Kier alpha value is -2.21. The van der Waals surface area contributed by atoms with Crippen LogP contribution in [-0.4, -0.2) is 15.1 Å². The number of benzene rings is 1. The molecule has 2 aromatic rings. The standard InChI is InChI=1S/C11H8ClN3O3/c12-6-8-5-10(13-14-11(8)16)7-2-1-3-9(4-7)15(17)18/h1-5H,6H2,(H,14,16). The summed E-state index contributed by atoms with van der Waals surface area (Å²) in [6.45, 7) is 0. The Morgan fingerprint density at radius 3 is 2.83 bits per heavy atom. The molecule has 1 aromatic heterocycles. The predicted octanol–water partition coefficient (Wildman–Crippen LogP) is 2.08. The van der Waals surface area contributed by atoms with E-state index in [4.69, 9.17) is 11.6 Å². The van der Waals surface area contributed by atoms with Gasteiger partial charge in [-0.1, -0.05) is 12.1 Å². The summed E-state index contributed by atoms with van der Waals surface area (Å²) in [5, 5.41) is 16.8. The number of nitro groups is 1. The Balaban J connectivity index is 2.51. The van der Waals surface area contributed by atoms with Gasteiger partial charge in [-0.15, -0.1) is 11.6 Å². The van der Waals surface area contributed by atoms with Crippen LogP contribution in [0.25, 0.3) is 11.3 Å². The number of H-pyrrole nitrogens is 1. The molecule has 0 bridgehead atoms. The smallest absolute Gasteiger partial charge is 0.268 e. The maximum Gasteiger partial charge on any atom is 0.270 e. The second-order valence-corrected chi connectivity index (χ2v) is 3.82. The molecule has 0 radical (unpaired) electrons. The molecule has 0 aliphatic rings. The van der Waals surface area contributed by atoms with Gasteiger partial charge in [-0.05, 0) is 6.07 Å². The summed E-state index contributed by atoms with van der Waals surface area (Å²) < 4.78 is 0. The van der Waals surface area contributed by atoms with Gasteiger partial charge in [-0.3, -0.25) is 14.9 Å². The Labute approximate surface area is 106 Å². The van der Waals surface area contributed by atoms with Gasteiger partial charge < -0.3 is 0 Å². The number of nitrogens with one attached hydrogen (secondary N) is 1. The first-order valence-corrected chi connectivity index (χ1v) is 5.54. The second-order valence-electron chi connectivity index (χ2n) is 3.55. The number of non-ortho nitro benzene ring substituents is 1. The monoisotopic (exact) mass is 265 g/mol. The van der Waals surface area contributed by atoms with Crippen LogP contribution < -0.4 is 5.56 Å².